The SMILES string of the molecule is CC1CN(CC(=O)c2ccc3c(c2)CCC3)CC1N(C)C. The van der Waals surface area contributed by atoms with E-state index in [1.807, 2.05) is 6.07 Å². The summed E-state index contributed by atoms with van der Waals surface area (Å²) >= 11 is 0. The molecule has 1 aliphatic heterocycles. The van der Waals surface area contributed by atoms with E-state index in [0.717, 1.165) is 25.1 Å². The molecule has 0 radical (unpaired) electrons. The predicted octanol–water partition coefficient (Wildman–Crippen LogP) is 2.24. The number of aryl methyl sites for hydroxylation is 2. The van der Waals surface area contributed by atoms with Crippen molar-refractivity contribution in [2.45, 2.75) is 32.2 Å². The molecule has 2 unspecified atom stereocenters. The monoisotopic (exact) mass is 286 g/mol. The van der Waals surface area contributed by atoms with Crippen LogP contribution in [0.25, 0.3) is 0 Å². The normalized spacial score (nSPS) is 25.5. The van der Waals surface area contributed by atoms with Crippen molar-refractivity contribution in [2.75, 3.05) is 33.7 Å². The molecule has 2 atom stereocenters. The second-order valence-corrected chi connectivity index (χ2v) is 6.96. The van der Waals surface area contributed by atoms with Crippen molar-refractivity contribution in [1.29, 1.82) is 0 Å². The lowest BCUT2D eigenvalue weighted by Gasteiger charge is -2.22. The van der Waals surface area contributed by atoms with Crippen LogP contribution in [-0.2, 0) is 12.8 Å². The highest BCUT2D eigenvalue weighted by Gasteiger charge is 2.31. The summed E-state index contributed by atoms with van der Waals surface area (Å²) in [4.78, 5) is 17.1. The molecular weight excluding hydrogens is 260 g/mol. The number of nitrogens with zero attached hydrogens (tertiary/aromatic N) is 2. The molecule has 1 aromatic rings. The fourth-order valence-electron chi connectivity index (χ4n) is 3.89. The highest BCUT2D eigenvalue weighted by molar-refractivity contribution is 5.97. The second-order valence-electron chi connectivity index (χ2n) is 6.96. The Hall–Kier alpha value is -1.19. The van der Waals surface area contributed by atoms with Gasteiger partial charge in [0.25, 0.3) is 0 Å². The fraction of sp³-hybridized carbons (Fsp3) is 0.611. The molecule has 0 bridgehead atoms. The minimum Gasteiger partial charge on any atom is -0.305 e. The average molecular weight is 286 g/mol. The molecule has 21 heavy (non-hydrogen) atoms. The van der Waals surface area contributed by atoms with E-state index in [2.05, 4.69) is 43.0 Å². The Morgan fingerprint density at radius 2 is 2.00 bits per heavy atom. The summed E-state index contributed by atoms with van der Waals surface area (Å²) in [7, 11) is 4.26. The van der Waals surface area contributed by atoms with Gasteiger partial charge in [0.2, 0.25) is 0 Å². The van der Waals surface area contributed by atoms with Crippen LogP contribution >= 0.6 is 0 Å². The number of fused-ring (bicyclic) bond motifs is 1. The first kappa shape index (κ1) is 14.7. The van der Waals surface area contributed by atoms with Crippen molar-refractivity contribution in [3.63, 3.8) is 0 Å². The molecule has 0 spiro atoms. The highest BCUT2D eigenvalue weighted by Crippen LogP contribution is 2.24. The van der Waals surface area contributed by atoms with Crippen molar-refractivity contribution >= 4 is 5.78 Å². The Labute approximate surface area is 127 Å². The largest absolute Gasteiger partial charge is 0.305 e. The van der Waals surface area contributed by atoms with E-state index in [-0.39, 0.29) is 5.78 Å². The predicted molar refractivity (Wildman–Crippen MR) is 85.9 cm³/mol. The van der Waals surface area contributed by atoms with Crippen LogP contribution in [0, 0.1) is 5.92 Å². The number of carbonyl (C=O) groups excluding carboxylic acids is 1. The van der Waals surface area contributed by atoms with E-state index >= 15 is 0 Å². The molecule has 0 aromatic heterocycles. The topological polar surface area (TPSA) is 23.6 Å². The third-order valence-electron chi connectivity index (χ3n) is 5.10. The lowest BCUT2D eigenvalue weighted by Crippen LogP contribution is -2.35. The van der Waals surface area contributed by atoms with Crippen molar-refractivity contribution in [3.05, 3.63) is 34.9 Å². The quantitative estimate of drug-likeness (QED) is 0.793. The second kappa shape index (κ2) is 5.90. The summed E-state index contributed by atoms with van der Waals surface area (Å²) in [5.41, 5.74) is 3.73. The number of hydrogen-bond donors (Lipinski definition) is 0. The molecule has 114 valence electrons. The summed E-state index contributed by atoms with van der Waals surface area (Å²) in [5.74, 6) is 0.907. The number of carbonyl (C=O) groups is 1. The molecule has 1 heterocycles. The molecule has 1 aliphatic carbocycles. The van der Waals surface area contributed by atoms with Crippen LogP contribution in [0.3, 0.4) is 0 Å². The van der Waals surface area contributed by atoms with Gasteiger partial charge in [0.15, 0.2) is 5.78 Å². The van der Waals surface area contributed by atoms with E-state index in [1.54, 1.807) is 0 Å². The van der Waals surface area contributed by atoms with Gasteiger partial charge < -0.3 is 4.90 Å². The molecule has 3 rings (SSSR count). The first-order valence-corrected chi connectivity index (χ1v) is 8.08. The minimum atomic E-state index is 0.274. The maximum atomic E-state index is 12.5. The number of benzene rings is 1. The zero-order valence-corrected chi connectivity index (χ0v) is 13.4. The lowest BCUT2D eigenvalue weighted by molar-refractivity contribution is 0.0941. The van der Waals surface area contributed by atoms with E-state index in [9.17, 15) is 4.79 Å². The standard InChI is InChI=1S/C18H26N2O/c1-13-10-20(11-17(13)19(2)3)12-18(21)16-8-7-14-5-4-6-15(14)9-16/h7-9,13,17H,4-6,10-12H2,1-3H3. The van der Waals surface area contributed by atoms with Crippen LogP contribution in [0.5, 0.6) is 0 Å². The van der Waals surface area contributed by atoms with Gasteiger partial charge in [0.05, 0.1) is 6.54 Å². The highest BCUT2D eigenvalue weighted by atomic mass is 16.1. The molecule has 0 saturated carbocycles. The molecule has 3 heteroatoms. The molecule has 0 amide bonds. The van der Waals surface area contributed by atoms with Gasteiger partial charge in [0.1, 0.15) is 0 Å². The molecule has 0 N–H and O–H groups in total. The summed E-state index contributed by atoms with van der Waals surface area (Å²) < 4.78 is 0. The number of likely N-dealkylation sites (N-methyl/N-ethyl adjacent to an activating group) is 1. The van der Waals surface area contributed by atoms with Gasteiger partial charge in [-0.2, -0.15) is 0 Å². The van der Waals surface area contributed by atoms with Gasteiger partial charge in [-0.25, -0.2) is 0 Å². The molecule has 1 aromatic carbocycles. The zero-order chi connectivity index (χ0) is 15.0. The van der Waals surface area contributed by atoms with Crippen LogP contribution in [0.1, 0.15) is 34.8 Å². The fourth-order valence-corrected chi connectivity index (χ4v) is 3.89. The number of ketones is 1. The first-order chi connectivity index (χ1) is 10.0. The Kier molecular flexibility index (Phi) is 4.14. The number of likely N-dealkylation sites (tertiary alicyclic amines) is 1. The van der Waals surface area contributed by atoms with Crippen molar-refractivity contribution in [2.24, 2.45) is 5.92 Å². The molecule has 3 nitrogen and oxygen atoms in total. The van der Waals surface area contributed by atoms with Crippen molar-refractivity contribution in [3.8, 4) is 0 Å². The number of hydrogen-bond acceptors (Lipinski definition) is 3. The number of Topliss-reactive ketones (excluding diaryl/α,β-unsaturated/α-hetero) is 1. The Balaban J connectivity index is 1.64. The minimum absolute atomic E-state index is 0.274. The van der Waals surface area contributed by atoms with Crippen LogP contribution in [0.2, 0.25) is 0 Å². The number of rotatable bonds is 4. The molecule has 1 saturated heterocycles. The van der Waals surface area contributed by atoms with Crippen LogP contribution < -0.4 is 0 Å². The van der Waals surface area contributed by atoms with Crippen LogP contribution in [-0.4, -0.2) is 55.4 Å². The van der Waals surface area contributed by atoms with Gasteiger partial charge in [-0.15, -0.1) is 0 Å². The van der Waals surface area contributed by atoms with E-state index in [0.29, 0.717) is 18.5 Å². The van der Waals surface area contributed by atoms with Gasteiger partial charge in [0, 0.05) is 24.7 Å². The zero-order valence-electron chi connectivity index (χ0n) is 13.4. The van der Waals surface area contributed by atoms with Crippen molar-refractivity contribution < 1.29 is 4.79 Å². The summed E-state index contributed by atoms with van der Waals surface area (Å²) in [6.07, 6.45) is 3.55. The molecular formula is C18H26N2O. The van der Waals surface area contributed by atoms with Gasteiger partial charge in [-0.1, -0.05) is 19.1 Å². The van der Waals surface area contributed by atoms with Crippen molar-refractivity contribution in [1.82, 2.24) is 9.80 Å². The lowest BCUT2D eigenvalue weighted by atomic mass is 10.0. The summed E-state index contributed by atoms with van der Waals surface area (Å²) in [5, 5.41) is 0. The van der Waals surface area contributed by atoms with Crippen LogP contribution in [0.15, 0.2) is 18.2 Å². The first-order valence-electron chi connectivity index (χ1n) is 8.08. The smallest absolute Gasteiger partial charge is 0.176 e. The summed E-state index contributed by atoms with van der Waals surface area (Å²) in [6.45, 7) is 4.88. The average Bonchev–Trinajstić information content (AvgIpc) is 3.04. The Morgan fingerprint density at radius 3 is 2.71 bits per heavy atom. The van der Waals surface area contributed by atoms with Gasteiger partial charge in [-0.3, -0.25) is 9.69 Å². The maximum Gasteiger partial charge on any atom is 0.176 e. The van der Waals surface area contributed by atoms with Gasteiger partial charge in [-0.05, 0) is 56.5 Å². The van der Waals surface area contributed by atoms with E-state index in [1.165, 1.54) is 24.0 Å². The Morgan fingerprint density at radius 1 is 1.24 bits per heavy atom. The third kappa shape index (κ3) is 3.04. The van der Waals surface area contributed by atoms with E-state index in [4.69, 9.17) is 0 Å². The Bertz CT molecular complexity index is 538. The maximum absolute atomic E-state index is 12.5. The molecule has 2 aliphatic rings. The summed E-state index contributed by atoms with van der Waals surface area (Å²) in [6, 6.07) is 6.88. The molecule has 1 fully saturated rings. The third-order valence-corrected chi connectivity index (χ3v) is 5.10. The van der Waals surface area contributed by atoms with Crippen LogP contribution in [0.4, 0.5) is 0 Å². The van der Waals surface area contributed by atoms with E-state index < -0.39 is 0 Å². The van der Waals surface area contributed by atoms with Gasteiger partial charge >= 0.3 is 0 Å².